The van der Waals surface area contributed by atoms with Gasteiger partial charge in [-0.2, -0.15) is 5.10 Å². The molecule has 5 aliphatic rings. The quantitative estimate of drug-likeness (QED) is 0.0910. The van der Waals surface area contributed by atoms with Gasteiger partial charge in [0.25, 0.3) is 17.4 Å². The first kappa shape index (κ1) is 56.4. The Morgan fingerprint density at radius 3 is 2.12 bits per heavy atom. The number of carbonyl (C=O) groups excluding carboxylic acids is 5. The molecule has 0 spiro atoms. The molecule has 5 amide bonds. The van der Waals surface area contributed by atoms with E-state index in [0.717, 1.165) is 102 Å². The molecule has 0 unspecified atom stereocenters. The average Bonchev–Trinajstić information content (AvgIpc) is 3.50. The molecule has 0 bridgehead atoms. The van der Waals surface area contributed by atoms with Crippen LogP contribution in [0.3, 0.4) is 0 Å². The van der Waals surface area contributed by atoms with E-state index in [-0.39, 0.29) is 65.2 Å². The van der Waals surface area contributed by atoms with Crippen LogP contribution in [0.4, 0.5) is 13.2 Å². The molecule has 80 heavy (non-hydrogen) atoms. The molecule has 1 aromatic heterocycles. The van der Waals surface area contributed by atoms with Gasteiger partial charge in [0.05, 0.1) is 29.7 Å². The fourth-order valence-corrected chi connectivity index (χ4v) is 13.0. The summed E-state index contributed by atoms with van der Waals surface area (Å²) in [6.07, 6.45) is 11.9. The van der Waals surface area contributed by atoms with Crippen molar-refractivity contribution >= 4 is 40.3 Å². The van der Waals surface area contributed by atoms with Gasteiger partial charge in [0.15, 0.2) is 0 Å². The number of piperazine rings is 1. The number of hydrogen-bond donors (Lipinski definition) is 3. The van der Waals surface area contributed by atoms with E-state index in [1.54, 1.807) is 45.0 Å². The molecule has 1 aliphatic carbocycles. The van der Waals surface area contributed by atoms with Crippen LogP contribution in [0, 0.1) is 35.2 Å². The van der Waals surface area contributed by atoms with E-state index in [1.165, 1.54) is 18.2 Å². The monoisotopic (exact) mass is 1100 g/mol. The molecule has 10 rings (SSSR count). The molecule has 4 aromatic carbocycles. The summed E-state index contributed by atoms with van der Waals surface area (Å²) in [5.74, 6) is -1.53. The maximum atomic E-state index is 15.2. The number of halogens is 3. The Morgan fingerprint density at radius 1 is 0.650 bits per heavy atom. The molecule has 18 heteroatoms. The summed E-state index contributed by atoms with van der Waals surface area (Å²) in [4.78, 5) is 90.7. The number of amides is 5. The van der Waals surface area contributed by atoms with Gasteiger partial charge in [-0.1, -0.05) is 61.7 Å². The third-order valence-electron chi connectivity index (χ3n) is 17.7. The number of H-pyrrole nitrogens is 1. The van der Waals surface area contributed by atoms with Crippen LogP contribution in [0.5, 0.6) is 0 Å². The number of carbonyl (C=O) groups is 5. The van der Waals surface area contributed by atoms with Crippen LogP contribution < -0.4 is 16.2 Å². The average molecular weight is 1100 g/mol. The van der Waals surface area contributed by atoms with Crippen molar-refractivity contribution in [2.75, 3.05) is 78.5 Å². The third kappa shape index (κ3) is 13.8. The van der Waals surface area contributed by atoms with Gasteiger partial charge in [0.1, 0.15) is 23.5 Å². The Kier molecular flexibility index (Phi) is 18.4. The van der Waals surface area contributed by atoms with Crippen LogP contribution in [0.25, 0.3) is 10.8 Å². The number of piperidine rings is 3. The lowest BCUT2D eigenvalue weighted by molar-refractivity contribution is -0.137. The smallest absolute Gasteiger partial charge is 0.272 e. The molecule has 4 aliphatic heterocycles. The number of hydrogen-bond acceptors (Lipinski definition) is 9. The van der Waals surface area contributed by atoms with Gasteiger partial charge in [0, 0.05) is 93.8 Å². The van der Waals surface area contributed by atoms with Gasteiger partial charge < -0.3 is 30.2 Å². The number of benzene rings is 4. The molecule has 2 atom stereocenters. The minimum atomic E-state index is -0.657. The van der Waals surface area contributed by atoms with Crippen LogP contribution in [0.1, 0.15) is 126 Å². The van der Waals surface area contributed by atoms with E-state index in [9.17, 15) is 37.5 Å². The predicted octanol–water partition coefficient (Wildman–Crippen LogP) is 7.43. The number of aromatic amines is 1. The zero-order chi connectivity index (χ0) is 55.7. The molecule has 5 heterocycles. The minimum absolute atomic E-state index is 0.00865. The Labute approximate surface area is 465 Å². The molecule has 5 fully saturated rings. The first-order chi connectivity index (χ1) is 38.8. The summed E-state index contributed by atoms with van der Waals surface area (Å²) < 4.78 is 42.6. The molecule has 5 aromatic rings. The number of rotatable bonds is 16. The lowest BCUT2D eigenvalue weighted by Gasteiger charge is -2.39. The van der Waals surface area contributed by atoms with Crippen molar-refractivity contribution in [2.24, 2.45) is 17.8 Å². The van der Waals surface area contributed by atoms with Crippen LogP contribution in [0.15, 0.2) is 89.7 Å². The predicted molar refractivity (Wildman–Crippen MR) is 298 cm³/mol. The first-order valence-electron chi connectivity index (χ1n) is 29.0. The zero-order valence-corrected chi connectivity index (χ0v) is 45.6. The Bertz CT molecular complexity index is 3090. The van der Waals surface area contributed by atoms with E-state index in [1.807, 2.05) is 35.2 Å². The highest BCUT2D eigenvalue weighted by Gasteiger charge is 2.37. The molecule has 15 nitrogen and oxygen atoms in total. The summed E-state index contributed by atoms with van der Waals surface area (Å²) >= 11 is 0. The molecule has 4 saturated heterocycles. The van der Waals surface area contributed by atoms with Gasteiger partial charge in [-0.05, 0) is 136 Å². The van der Waals surface area contributed by atoms with Crippen LogP contribution >= 0.6 is 0 Å². The van der Waals surface area contributed by atoms with E-state index in [4.69, 9.17) is 0 Å². The Hall–Kier alpha value is -6.92. The summed E-state index contributed by atoms with van der Waals surface area (Å²) in [6.45, 7) is 5.89. The third-order valence-corrected chi connectivity index (χ3v) is 17.7. The fourth-order valence-electron chi connectivity index (χ4n) is 13.0. The van der Waals surface area contributed by atoms with E-state index in [2.05, 4.69) is 25.7 Å². The van der Waals surface area contributed by atoms with Crippen molar-refractivity contribution in [1.29, 1.82) is 0 Å². The van der Waals surface area contributed by atoms with Crippen molar-refractivity contribution in [3.8, 4) is 0 Å². The second-order valence-electron chi connectivity index (χ2n) is 22.9. The Morgan fingerprint density at radius 2 is 1.38 bits per heavy atom. The van der Waals surface area contributed by atoms with Crippen molar-refractivity contribution < 1.29 is 37.1 Å². The molecule has 424 valence electrons. The van der Waals surface area contributed by atoms with E-state index in [0.29, 0.717) is 105 Å². The number of nitrogens with zero attached hydrogens (tertiary/aromatic N) is 6. The zero-order valence-electron chi connectivity index (χ0n) is 45.6. The van der Waals surface area contributed by atoms with Gasteiger partial charge >= 0.3 is 0 Å². The summed E-state index contributed by atoms with van der Waals surface area (Å²) in [5.41, 5.74) is 2.74. The standard InChI is InChI=1S/C62H74F3N9O6/c63-49-17-16-47(54(65)36-49)37-66-38-56(75)74-23-7-12-48(39-74)45-10-6-11-46(35-45)59(77)67-58(44-8-2-1-3-9-44)62(80)72-26-21-42(22-27-72)32-41-19-24-70(25-20-41)40-57(76)71-28-30-73(31-29-71)61(79)52-33-43(15-18-53(52)64)34-55-50-13-4-5-14-51(50)60(78)69-68-55/h4-6,10-11,13-18,33,35-36,41-42,44,48,58,66H,1-3,7-9,12,19-32,34,37-40H2,(H,67,77)(H,69,78)/t48-,58-/m1/s1. The number of likely N-dealkylation sites (tertiary alicyclic amines) is 3. The Balaban J connectivity index is 0.651. The molecular formula is C62H74F3N9O6. The fraction of sp³-hybridized carbons (Fsp3) is 0.500. The maximum absolute atomic E-state index is 15.2. The second kappa shape index (κ2) is 26.1. The lowest BCUT2D eigenvalue weighted by atomic mass is 9.81. The van der Waals surface area contributed by atoms with Crippen molar-refractivity contribution in [3.63, 3.8) is 0 Å². The second-order valence-corrected chi connectivity index (χ2v) is 22.9. The van der Waals surface area contributed by atoms with E-state index < -0.39 is 29.4 Å². The van der Waals surface area contributed by atoms with Gasteiger partial charge in [-0.3, -0.25) is 33.7 Å². The lowest BCUT2D eigenvalue weighted by Crippen LogP contribution is -2.54. The SMILES string of the molecule is O=C(N[C@@H](C(=O)N1CCC(CC2CCN(CC(=O)N3CCN(C(=O)c4cc(Cc5n[nH]c(=O)c6ccccc56)ccc4F)CC3)CC2)CC1)C1CCCCC1)c1cccc([C@@H]2CCCN(C(=O)CNCc3ccc(F)cc3F)C2)c1. The highest BCUT2D eigenvalue weighted by molar-refractivity contribution is 5.98. The van der Waals surface area contributed by atoms with E-state index >= 15 is 4.39 Å². The normalized spacial score (nSPS) is 19.5. The van der Waals surface area contributed by atoms with Gasteiger partial charge in [0.2, 0.25) is 17.7 Å². The maximum Gasteiger partial charge on any atom is 0.272 e. The van der Waals surface area contributed by atoms with Gasteiger partial charge in [-0.25, -0.2) is 18.3 Å². The minimum Gasteiger partial charge on any atom is -0.341 e. The molecule has 0 radical (unpaired) electrons. The highest BCUT2D eigenvalue weighted by Crippen LogP contribution is 2.33. The topological polar surface area (TPSA) is 171 Å². The van der Waals surface area contributed by atoms with Crippen LogP contribution in [-0.4, -0.2) is 149 Å². The number of nitrogens with one attached hydrogen (secondary N) is 3. The summed E-state index contributed by atoms with van der Waals surface area (Å²) in [7, 11) is 0. The summed E-state index contributed by atoms with van der Waals surface area (Å²) in [6, 6.07) is 22.0. The van der Waals surface area contributed by atoms with Crippen LogP contribution in [0.2, 0.25) is 0 Å². The molecular weight excluding hydrogens is 1020 g/mol. The highest BCUT2D eigenvalue weighted by atomic mass is 19.1. The molecule has 1 saturated carbocycles. The van der Waals surface area contributed by atoms with Crippen LogP contribution in [-0.2, 0) is 27.3 Å². The largest absolute Gasteiger partial charge is 0.341 e. The molecule has 3 N–H and O–H groups in total. The van der Waals surface area contributed by atoms with Crippen molar-refractivity contribution in [2.45, 2.75) is 102 Å². The number of fused-ring (bicyclic) bond motifs is 1. The van der Waals surface area contributed by atoms with Crippen molar-refractivity contribution in [3.05, 3.63) is 146 Å². The summed E-state index contributed by atoms with van der Waals surface area (Å²) in [5, 5.41) is 14.2. The van der Waals surface area contributed by atoms with Gasteiger partial charge in [-0.15, -0.1) is 0 Å². The number of aromatic nitrogens is 2. The van der Waals surface area contributed by atoms with Crippen molar-refractivity contribution in [1.82, 2.24) is 45.3 Å². The first-order valence-corrected chi connectivity index (χ1v) is 29.0.